The molecular formula is C16H17N3O3. The van der Waals surface area contributed by atoms with Crippen molar-refractivity contribution in [3.05, 3.63) is 46.6 Å². The van der Waals surface area contributed by atoms with Crippen molar-refractivity contribution in [1.29, 1.82) is 0 Å². The fraction of sp³-hybridized carbons (Fsp3) is 0.312. The van der Waals surface area contributed by atoms with Crippen LogP contribution in [-0.2, 0) is 9.53 Å². The van der Waals surface area contributed by atoms with Crippen molar-refractivity contribution in [2.75, 3.05) is 21.2 Å². The van der Waals surface area contributed by atoms with E-state index in [-0.39, 0.29) is 5.56 Å². The van der Waals surface area contributed by atoms with Crippen LogP contribution in [-0.4, -0.2) is 41.6 Å². The molecule has 0 bridgehead atoms. The van der Waals surface area contributed by atoms with Gasteiger partial charge in [-0.25, -0.2) is 9.78 Å². The lowest BCUT2D eigenvalue weighted by Gasteiger charge is -2.11. The highest BCUT2D eigenvalue weighted by Gasteiger charge is 2.35. The Morgan fingerprint density at radius 2 is 2.14 bits per heavy atom. The SMILES string of the molecule is COC(=O)C1C/C(=C/N(C)C)c2nc3ccccc3c(=O)n21. The van der Waals surface area contributed by atoms with Gasteiger partial charge in [0.05, 0.1) is 18.0 Å². The quantitative estimate of drug-likeness (QED) is 0.785. The number of hydrogen-bond donors (Lipinski definition) is 0. The van der Waals surface area contributed by atoms with Gasteiger partial charge in [-0.05, 0) is 12.1 Å². The minimum atomic E-state index is -0.657. The number of rotatable bonds is 2. The molecule has 6 heteroatoms. The minimum absolute atomic E-state index is 0.210. The Morgan fingerprint density at radius 3 is 2.82 bits per heavy atom. The lowest BCUT2D eigenvalue weighted by atomic mass is 10.1. The third-order valence-electron chi connectivity index (χ3n) is 3.71. The van der Waals surface area contributed by atoms with E-state index < -0.39 is 12.0 Å². The van der Waals surface area contributed by atoms with Crippen LogP contribution in [0.3, 0.4) is 0 Å². The van der Waals surface area contributed by atoms with Gasteiger partial charge in [-0.3, -0.25) is 9.36 Å². The number of ether oxygens (including phenoxy) is 1. The van der Waals surface area contributed by atoms with E-state index in [0.29, 0.717) is 23.1 Å². The number of hydrogen-bond acceptors (Lipinski definition) is 5. The number of nitrogens with zero attached hydrogens (tertiary/aromatic N) is 3. The number of para-hydroxylation sites is 1. The molecule has 0 spiro atoms. The number of benzene rings is 1. The Bertz CT molecular complexity index is 836. The van der Waals surface area contributed by atoms with E-state index in [2.05, 4.69) is 4.98 Å². The molecule has 1 aromatic carbocycles. The van der Waals surface area contributed by atoms with Crippen LogP contribution in [0.4, 0.5) is 0 Å². The summed E-state index contributed by atoms with van der Waals surface area (Å²) in [5, 5.41) is 0.506. The highest BCUT2D eigenvalue weighted by Crippen LogP contribution is 2.34. The molecule has 1 aliphatic rings. The Hall–Kier alpha value is -2.63. The van der Waals surface area contributed by atoms with Gasteiger partial charge < -0.3 is 9.64 Å². The molecule has 0 saturated heterocycles. The summed E-state index contributed by atoms with van der Waals surface area (Å²) in [7, 11) is 5.11. The van der Waals surface area contributed by atoms with Crippen LogP contribution in [0.2, 0.25) is 0 Å². The Kier molecular flexibility index (Phi) is 3.44. The van der Waals surface area contributed by atoms with Gasteiger partial charge in [0.15, 0.2) is 0 Å². The first-order valence-electron chi connectivity index (χ1n) is 6.99. The first kappa shape index (κ1) is 14.3. The number of carbonyl (C=O) groups is 1. The van der Waals surface area contributed by atoms with Crippen molar-refractivity contribution in [3.63, 3.8) is 0 Å². The molecule has 0 fully saturated rings. The summed E-state index contributed by atoms with van der Waals surface area (Å²) in [6, 6.07) is 6.50. The van der Waals surface area contributed by atoms with Gasteiger partial charge in [0.2, 0.25) is 0 Å². The number of fused-ring (bicyclic) bond motifs is 2. The summed E-state index contributed by atoms with van der Waals surface area (Å²) in [5.41, 5.74) is 1.27. The normalized spacial score (nSPS) is 18.5. The maximum absolute atomic E-state index is 12.8. The number of aromatic nitrogens is 2. The van der Waals surface area contributed by atoms with E-state index in [9.17, 15) is 9.59 Å². The summed E-state index contributed by atoms with van der Waals surface area (Å²) in [6.45, 7) is 0. The predicted molar refractivity (Wildman–Crippen MR) is 83.3 cm³/mol. The monoisotopic (exact) mass is 299 g/mol. The predicted octanol–water partition coefficient (Wildman–Crippen LogP) is 1.42. The zero-order valence-electron chi connectivity index (χ0n) is 12.7. The fourth-order valence-electron chi connectivity index (χ4n) is 2.80. The first-order chi connectivity index (χ1) is 10.5. The maximum atomic E-state index is 12.8. The Balaban J connectivity index is 2.32. The second kappa shape index (κ2) is 5.29. The fourth-order valence-corrected chi connectivity index (χ4v) is 2.80. The molecule has 6 nitrogen and oxygen atoms in total. The summed E-state index contributed by atoms with van der Waals surface area (Å²) in [4.78, 5) is 31.3. The standard InChI is InChI=1S/C16H17N3O3/c1-18(2)9-10-8-13(16(21)22-3)19-14(10)17-12-7-5-4-6-11(12)15(19)20/h4-7,9,13H,8H2,1-3H3/b10-9-. The average molecular weight is 299 g/mol. The Labute approximate surface area is 127 Å². The van der Waals surface area contributed by atoms with Crippen molar-refractivity contribution < 1.29 is 9.53 Å². The van der Waals surface area contributed by atoms with Crippen LogP contribution >= 0.6 is 0 Å². The molecule has 1 aromatic heterocycles. The van der Waals surface area contributed by atoms with E-state index >= 15 is 0 Å². The Morgan fingerprint density at radius 1 is 1.41 bits per heavy atom. The summed E-state index contributed by atoms with van der Waals surface area (Å²) in [6.07, 6.45) is 2.29. The molecule has 0 aliphatic carbocycles. The van der Waals surface area contributed by atoms with E-state index in [1.807, 2.05) is 31.3 Å². The molecular weight excluding hydrogens is 282 g/mol. The van der Waals surface area contributed by atoms with Gasteiger partial charge in [-0.2, -0.15) is 0 Å². The van der Waals surface area contributed by atoms with Crippen LogP contribution in [0.15, 0.2) is 35.3 Å². The topological polar surface area (TPSA) is 64.4 Å². The number of esters is 1. The second-order valence-corrected chi connectivity index (χ2v) is 5.49. The van der Waals surface area contributed by atoms with E-state index in [1.54, 1.807) is 18.2 Å². The summed E-state index contributed by atoms with van der Waals surface area (Å²) >= 11 is 0. The molecule has 114 valence electrons. The second-order valence-electron chi connectivity index (χ2n) is 5.49. The molecule has 0 N–H and O–H groups in total. The van der Waals surface area contributed by atoms with Gasteiger partial charge in [0.25, 0.3) is 5.56 Å². The van der Waals surface area contributed by atoms with Crippen molar-refractivity contribution in [1.82, 2.24) is 14.5 Å². The smallest absolute Gasteiger partial charge is 0.329 e. The molecule has 1 unspecified atom stereocenters. The van der Waals surface area contributed by atoms with Crippen LogP contribution in [0.1, 0.15) is 18.3 Å². The molecule has 3 rings (SSSR count). The van der Waals surface area contributed by atoms with Crippen LogP contribution < -0.4 is 5.56 Å². The minimum Gasteiger partial charge on any atom is -0.467 e. The number of methoxy groups -OCH3 is 1. The van der Waals surface area contributed by atoms with Gasteiger partial charge in [0.1, 0.15) is 11.9 Å². The molecule has 1 atom stereocenters. The average Bonchev–Trinajstić information content (AvgIpc) is 2.85. The van der Waals surface area contributed by atoms with E-state index in [4.69, 9.17) is 4.74 Å². The van der Waals surface area contributed by atoms with Gasteiger partial charge in [-0.15, -0.1) is 0 Å². The van der Waals surface area contributed by atoms with E-state index in [0.717, 1.165) is 5.57 Å². The number of carbonyl (C=O) groups excluding carboxylic acids is 1. The highest BCUT2D eigenvalue weighted by molar-refractivity contribution is 5.85. The van der Waals surface area contributed by atoms with Gasteiger partial charge in [-0.1, -0.05) is 12.1 Å². The first-order valence-corrected chi connectivity index (χ1v) is 6.99. The third-order valence-corrected chi connectivity index (χ3v) is 3.71. The zero-order chi connectivity index (χ0) is 15.9. The van der Waals surface area contributed by atoms with Gasteiger partial charge in [0, 0.05) is 32.3 Å². The largest absolute Gasteiger partial charge is 0.467 e. The van der Waals surface area contributed by atoms with Crippen molar-refractivity contribution >= 4 is 22.4 Å². The van der Waals surface area contributed by atoms with E-state index in [1.165, 1.54) is 11.7 Å². The molecule has 1 aliphatic heterocycles. The van der Waals surface area contributed by atoms with Gasteiger partial charge >= 0.3 is 5.97 Å². The van der Waals surface area contributed by atoms with Crippen molar-refractivity contribution in [3.8, 4) is 0 Å². The molecule has 22 heavy (non-hydrogen) atoms. The van der Waals surface area contributed by atoms with Crippen molar-refractivity contribution in [2.45, 2.75) is 12.5 Å². The lowest BCUT2D eigenvalue weighted by molar-refractivity contribution is -0.144. The maximum Gasteiger partial charge on any atom is 0.329 e. The molecule has 2 aromatic rings. The molecule has 0 amide bonds. The third kappa shape index (κ3) is 2.16. The van der Waals surface area contributed by atoms with Crippen LogP contribution in [0.25, 0.3) is 16.5 Å². The molecule has 0 saturated carbocycles. The summed E-state index contributed by atoms with van der Waals surface area (Å²) < 4.78 is 6.29. The zero-order valence-corrected chi connectivity index (χ0v) is 12.7. The highest BCUT2D eigenvalue weighted by atomic mass is 16.5. The molecule has 2 heterocycles. The van der Waals surface area contributed by atoms with Crippen LogP contribution in [0.5, 0.6) is 0 Å². The van der Waals surface area contributed by atoms with Crippen molar-refractivity contribution in [2.24, 2.45) is 0 Å². The summed E-state index contributed by atoms with van der Waals surface area (Å²) in [5.74, 6) is 0.107. The number of allylic oxidation sites excluding steroid dienone is 1. The van der Waals surface area contributed by atoms with Crippen LogP contribution in [0, 0.1) is 0 Å². The molecule has 0 radical (unpaired) electrons. The lowest BCUT2D eigenvalue weighted by Crippen LogP contribution is -2.29.